The maximum Gasteiger partial charge on any atom is -0.00179 e. The molecule has 0 spiro atoms. The fraction of sp³-hybridized carbons (Fsp3) is 0.600. The number of thiophene rings is 1. The lowest BCUT2D eigenvalue weighted by Gasteiger charge is -2.18. The Labute approximate surface area is 136 Å². The molecule has 0 unspecified atom stereocenters. The average molecular weight is 305 g/mol. The topological polar surface area (TPSA) is 0 Å². The van der Waals surface area contributed by atoms with E-state index in [0.717, 1.165) is 0 Å². The molecule has 0 radical (unpaired) electrons. The maximum absolute atomic E-state index is 2.51. The molecule has 0 N–H and O–H groups in total. The number of allylic oxidation sites excluding steroid dienone is 4. The molecule has 0 aromatic carbocycles. The van der Waals surface area contributed by atoms with E-state index in [2.05, 4.69) is 50.6 Å². The Morgan fingerprint density at radius 2 is 1.67 bits per heavy atom. The van der Waals surface area contributed by atoms with Crippen molar-refractivity contribution in [3.05, 3.63) is 39.6 Å². The molecule has 1 heterocycles. The van der Waals surface area contributed by atoms with Crippen molar-refractivity contribution in [2.24, 2.45) is 0 Å². The van der Waals surface area contributed by atoms with Crippen LogP contribution in [0.25, 0.3) is 5.57 Å². The number of hydrogen-bond donors (Lipinski definition) is 0. The molecule has 1 heteroatoms. The minimum Gasteiger partial charge on any atom is -0.152 e. The Kier molecular flexibility index (Phi) is 9.41. The fourth-order valence-electron chi connectivity index (χ4n) is 2.87. The van der Waals surface area contributed by atoms with Gasteiger partial charge in [0.05, 0.1) is 0 Å². The monoisotopic (exact) mass is 304 g/mol. The molecule has 0 saturated carbocycles. The molecule has 1 aromatic heterocycles. The van der Waals surface area contributed by atoms with Crippen LogP contribution in [0.15, 0.2) is 34.0 Å². The molecule has 0 nitrogen and oxygen atoms in total. The first-order chi connectivity index (χ1) is 10.3. The lowest BCUT2D eigenvalue weighted by atomic mass is 9.87. The van der Waals surface area contributed by atoms with Crippen LogP contribution in [0, 0.1) is 0 Å². The molecule has 1 rings (SSSR count). The van der Waals surface area contributed by atoms with Gasteiger partial charge in [-0.05, 0) is 64.8 Å². The molecule has 0 aliphatic carbocycles. The third-order valence-electron chi connectivity index (χ3n) is 3.82. The predicted molar refractivity (Wildman–Crippen MR) is 99.0 cm³/mol. The highest BCUT2D eigenvalue weighted by atomic mass is 32.1. The number of rotatable bonds is 10. The molecule has 118 valence electrons. The van der Waals surface area contributed by atoms with Gasteiger partial charge in [-0.2, -0.15) is 11.3 Å². The highest BCUT2D eigenvalue weighted by molar-refractivity contribution is 7.08. The van der Waals surface area contributed by atoms with Crippen molar-refractivity contribution in [1.82, 2.24) is 0 Å². The van der Waals surface area contributed by atoms with E-state index in [0.29, 0.717) is 0 Å². The first-order valence-electron chi connectivity index (χ1n) is 8.72. The van der Waals surface area contributed by atoms with E-state index in [4.69, 9.17) is 0 Å². The van der Waals surface area contributed by atoms with Gasteiger partial charge in [0.25, 0.3) is 0 Å². The van der Waals surface area contributed by atoms with Crippen molar-refractivity contribution < 1.29 is 0 Å². The molecule has 0 amide bonds. The highest BCUT2D eigenvalue weighted by Crippen LogP contribution is 2.34. The molecule has 1 aromatic rings. The van der Waals surface area contributed by atoms with Crippen LogP contribution in [0.1, 0.15) is 84.6 Å². The van der Waals surface area contributed by atoms with Crippen molar-refractivity contribution in [3.8, 4) is 0 Å². The molecule has 0 saturated heterocycles. The van der Waals surface area contributed by atoms with Gasteiger partial charge < -0.3 is 0 Å². The Morgan fingerprint density at radius 3 is 2.19 bits per heavy atom. The first-order valence-corrected chi connectivity index (χ1v) is 9.66. The molecule has 0 aliphatic rings. The SMILES string of the molecule is CCC/C=C(CCC)/C(CCC)=C(/CCC)c1ccsc1. The highest BCUT2D eigenvalue weighted by Gasteiger charge is 2.12. The minimum absolute atomic E-state index is 1.21. The summed E-state index contributed by atoms with van der Waals surface area (Å²) in [6.07, 6.45) is 12.3. The van der Waals surface area contributed by atoms with Gasteiger partial charge in [-0.15, -0.1) is 0 Å². The van der Waals surface area contributed by atoms with Crippen LogP contribution in [0.5, 0.6) is 0 Å². The third-order valence-corrected chi connectivity index (χ3v) is 4.50. The normalized spacial score (nSPS) is 13.4. The number of unbranched alkanes of at least 4 members (excludes halogenated alkanes) is 1. The first kappa shape index (κ1) is 18.2. The molecule has 0 atom stereocenters. The summed E-state index contributed by atoms with van der Waals surface area (Å²) in [6, 6.07) is 2.30. The van der Waals surface area contributed by atoms with Gasteiger partial charge in [0.2, 0.25) is 0 Å². The Balaban J connectivity index is 3.27. The van der Waals surface area contributed by atoms with E-state index in [1.807, 2.05) is 11.3 Å². The summed E-state index contributed by atoms with van der Waals surface area (Å²) in [5, 5.41) is 4.54. The molecule has 0 bridgehead atoms. The van der Waals surface area contributed by atoms with Gasteiger partial charge >= 0.3 is 0 Å². The average Bonchev–Trinajstić information content (AvgIpc) is 3.01. The summed E-state index contributed by atoms with van der Waals surface area (Å²) < 4.78 is 0. The predicted octanol–water partition coefficient (Wildman–Crippen LogP) is 7.63. The zero-order chi connectivity index (χ0) is 15.5. The Hall–Kier alpha value is -0.820. The van der Waals surface area contributed by atoms with Crippen molar-refractivity contribution in [2.75, 3.05) is 0 Å². The smallest absolute Gasteiger partial charge is 0.00179 e. The zero-order valence-corrected chi connectivity index (χ0v) is 15.2. The summed E-state index contributed by atoms with van der Waals surface area (Å²) in [7, 11) is 0. The second kappa shape index (κ2) is 10.8. The van der Waals surface area contributed by atoms with E-state index < -0.39 is 0 Å². The van der Waals surface area contributed by atoms with Gasteiger partial charge in [0, 0.05) is 0 Å². The van der Waals surface area contributed by atoms with Gasteiger partial charge in [0.15, 0.2) is 0 Å². The summed E-state index contributed by atoms with van der Waals surface area (Å²) in [4.78, 5) is 0. The largest absolute Gasteiger partial charge is 0.152 e. The Bertz CT molecular complexity index is 434. The molecular formula is C20H32S. The quantitative estimate of drug-likeness (QED) is 0.390. The third kappa shape index (κ3) is 5.82. The van der Waals surface area contributed by atoms with Gasteiger partial charge in [-0.3, -0.25) is 0 Å². The van der Waals surface area contributed by atoms with E-state index in [1.165, 1.54) is 56.9 Å². The van der Waals surface area contributed by atoms with Crippen molar-refractivity contribution >= 4 is 16.9 Å². The van der Waals surface area contributed by atoms with E-state index in [1.54, 1.807) is 16.7 Å². The van der Waals surface area contributed by atoms with Gasteiger partial charge in [0.1, 0.15) is 0 Å². The Morgan fingerprint density at radius 1 is 0.952 bits per heavy atom. The van der Waals surface area contributed by atoms with Crippen molar-refractivity contribution in [1.29, 1.82) is 0 Å². The molecular weight excluding hydrogens is 272 g/mol. The summed E-state index contributed by atoms with van der Waals surface area (Å²) in [6.45, 7) is 9.17. The fourth-order valence-corrected chi connectivity index (χ4v) is 3.55. The molecule has 0 fully saturated rings. The minimum atomic E-state index is 1.21. The molecule has 21 heavy (non-hydrogen) atoms. The summed E-state index contributed by atoms with van der Waals surface area (Å²) in [5.74, 6) is 0. The summed E-state index contributed by atoms with van der Waals surface area (Å²) in [5.41, 5.74) is 6.34. The second-order valence-electron chi connectivity index (χ2n) is 5.74. The second-order valence-corrected chi connectivity index (χ2v) is 6.52. The van der Waals surface area contributed by atoms with Crippen LogP contribution in [-0.2, 0) is 0 Å². The standard InChI is InChI=1S/C20H32S/c1-5-9-13-17(10-6-2)19(11-7-3)20(12-8-4)18-14-15-21-16-18/h13-16H,5-12H2,1-4H3/b17-13+,20-19-. The van der Waals surface area contributed by atoms with Crippen LogP contribution in [-0.4, -0.2) is 0 Å². The van der Waals surface area contributed by atoms with Crippen LogP contribution >= 0.6 is 11.3 Å². The lowest BCUT2D eigenvalue weighted by molar-refractivity contribution is 0.831. The van der Waals surface area contributed by atoms with Gasteiger partial charge in [-0.25, -0.2) is 0 Å². The zero-order valence-electron chi connectivity index (χ0n) is 14.4. The maximum atomic E-state index is 2.51. The van der Waals surface area contributed by atoms with Crippen LogP contribution in [0.3, 0.4) is 0 Å². The lowest BCUT2D eigenvalue weighted by Crippen LogP contribution is -1.97. The van der Waals surface area contributed by atoms with Crippen LogP contribution in [0.4, 0.5) is 0 Å². The van der Waals surface area contributed by atoms with E-state index >= 15 is 0 Å². The summed E-state index contributed by atoms with van der Waals surface area (Å²) >= 11 is 1.82. The van der Waals surface area contributed by atoms with Crippen molar-refractivity contribution in [3.63, 3.8) is 0 Å². The molecule has 0 aliphatic heterocycles. The van der Waals surface area contributed by atoms with Crippen LogP contribution in [0.2, 0.25) is 0 Å². The van der Waals surface area contributed by atoms with Crippen LogP contribution < -0.4 is 0 Å². The van der Waals surface area contributed by atoms with E-state index in [9.17, 15) is 0 Å². The number of hydrogen-bond acceptors (Lipinski definition) is 1. The van der Waals surface area contributed by atoms with Gasteiger partial charge in [-0.1, -0.05) is 59.5 Å². The van der Waals surface area contributed by atoms with Crippen molar-refractivity contribution in [2.45, 2.75) is 79.1 Å². The van der Waals surface area contributed by atoms with E-state index in [-0.39, 0.29) is 0 Å².